The molecule has 5 heteroatoms. The summed E-state index contributed by atoms with van der Waals surface area (Å²) in [6.07, 6.45) is 1.73. The fourth-order valence-electron chi connectivity index (χ4n) is 2.78. The molecule has 2 aromatic carbocycles. The van der Waals surface area contributed by atoms with E-state index in [2.05, 4.69) is 4.98 Å². The Bertz CT molecular complexity index is 1030. The topological polar surface area (TPSA) is 31.4 Å². The molecule has 0 fully saturated rings. The number of thiophene rings is 1. The Balaban J connectivity index is 2.22. The first kappa shape index (κ1) is 13.3. The lowest BCUT2D eigenvalue weighted by atomic mass is 10.1. The zero-order valence-electron chi connectivity index (χ0n) is 12.0. The van der Waals surface area contributed by atoms with Crippen molar-refractivity contribution in [3.05, 3.63) is 42.3 Å². The van der Waals surface area contributed by atoms with Crippen LogP contribution in [0.1, 0.15) is 0 Å². The molecule has 0 amide bonds. The lowest BCUT2D eigenvalue weighted by Crippen LogP contribution is -1.89. The number of hydrogen-bond acceptors (Lipinski definition) is 4. The monoisotopic (exact) mass is 313 g/mol. The number of nitrogens with zero attached hydrogens (tertiary/aromatic N) is 1. The number of rotatable bonds is 2. The van der Waals surface area contributed by atoms with Gasteiger partial charge < -0.3 is 9.47 Å². The molecular formula is C17H12FNO2S. The molecule has 0 radical (unpaired) electrons. The van der Waals surface area contributed by atoms with E-state index >= 15 is 0 Å². The molecule has 0 unspecified atom stereocenters. The lowest BCUT2D eigenvalue weighted by molar-refractivity contribution is 0.356. The van der Waals surface area contributed by atoms with E-state index in [-0.39, 0.29) is 5.82 Å². The molecule has 0 aliphatic carbocycles. The van der Waals surface area contributed by atoms with E-state index < -0.39 is 0 Å². The van der Waals surface area contributed by atoms with E-state index in [0.717, 1.165) is 25.6 Å². The van der Waals surface area contributed by atoms with Crippen molar-refractivity contribution in [1.82, 2.24) is 4.98 Å². The first-order valence-corrected chi connectivity index (χ1v) is 7.56. The molecule has 0 saturated carbocycles. The fraction of sp³-hybridized carbons (Fsp3) is 0.118. The number of methoxy groups -OCH3 is 2. The van der Waals surface area contributed by atoms with Gasteiger partial charge in [0.2, 0.25) is 0 Å². The number of aromatic nitrogens is 1. The molecule has 2 heterocycles. The Morgan fingerprint density at radius 3 is 2.55 bits per heavy atom. The molecule has 0 aliphatic rings. The molecule has 3 nitrogen and oxygen atoms in total. The van der Waals surface area contributed by atoms with Crippen molar-refractivity contribution in [2.45, 2.75) is 0 Å². The molecular weight excluding hydrogens is 301 g/mol. The Kier molecular flexibility index (Phi) is 2.90. The van der Waals surface area contributed by atoms with Gasteiger partial charge >= 0.3 is 0 Å². The molecule has 0 spiro atoms. The van der Waals surface area contributed by atoms with Crippen LogP contribution in [-0.2, 0) is 0 Å². The minimum atomic E-state index is -0.306. The van der Waals surface area contributed by atoms with Crippen molar-refractivity contribution in [3.63, 3.8) is 0 Å². The Labute approximate surface area is 129 Å². The van der Waals surface area contributed by atoms with Crippen molar-refractivity contribution in [1.29, 1.82) is 0 Å². The maximum Gasteiger partial charge on any atom is 0.162 e. The minimum absolute atomic E-state index is 0.306. The number of ether oxygens (including phenoxy) is 2. The highest BCUT2D eigenvalue weighted by molar-refractivity contribution is 7.26. The lowest BCUT2D eigenvalue weighted by Gasteiger charge is -2.07. The van der Waals surface area contributed by atoms with Crippen LogP contribution in [0.3, 0.4) is 0 Å². The molecule has 110 valence electrons. The average Bonchev–Trinajstić information content (AvgIpc) is 2.91. The number of pyridine rings is 1. The molecule has 0 aliphatic heterocycles. The zero-order valence-corrected chi connectivity index (χ0v) is 12.8. The van der Waals surface area contributed by atoms with E-state index in [9.17, 15) is 4.39 Å². The number of fused-ring (bicyclic) bond motifs is 5. The minimum Gasteiger partial charge on any atom is -0.493 e. The predicted molar refractivity (Wildman–Crippen MR) is 87.7 cm³/mol. The summed E-state index contributed by atoms with van der Waals surface area (Å²) in [4.78, 5) is 4.26. The Hall–Kier alpha value is -2.40. The molecule has 0 N–H and O–H groups in total. The summed E-state index contributed by atoms with van der Waals surface area (Å²) < 4.78 is 26.8. The van der Waals surface area contributed by atoms with Crippen molar-refractivity contribution in [2.75, 3.05) is 14.2 Å². The highest BCUT2D eigenvalue weighted by Crippen LogP contribution is 2.42. The highest BCUT2D eigenvalue weighted by atomic mass is 32.1. The van der Waals surface area contributed by atoms with Gasteiger partial charge in [0.1, 0.15) is 11.3 Å². The third-order valence-corrected chi connectivity index (χ3v) is 4.88. The van der Waals surface area contributed by atoms with Crippen LogP contribution in [0.15, 0.2) is 36.5 Å². The van der Waals surface area contributed by atoms with Crippen molar-refractivity contribution >= 4 is 42.4 Å². The van der Waals surface area contributed by atoms with Gasteiger partial charge in [-0.25, -0.2) is 4.39 Å². The van der Waals surface area contributed by atoms with Crippen molar-refractivity contribution in [3.8, 4) is 11.5 Å². The number of hydrogen-bond donors (Lipinski definition) is 0. The molecule has 4 aromatic rings. The summed E-state index contributed by atoms with van der Waals surface area (Å²) in [7, 11) is 3.22. The number of para-hydroxylation sites is 1. The standard InChI is InChI=1S/C17H12FNO2S/c1-20-12-6-10-14(7-13(12)21-2)22-15-8-19-17-9(16(10)15)4-3-5-11(17)18/h3-8H,1-2H3. The number of benzene rings is 2. The third-order valence-electron chi connectivity index (χ3n) is 3.79. The third kappa shape index (κ3) is 1.75. The Morgan fingerprint density at radius 2 is 1.77 bits per heavy atom. The van der Waals surface area contributed by atoms with Crippen LogP contribution in [-0.4, -0.2) is 19.2 Å². The van der Waals surface area contributed by atoms with Crippen LogP contribution in [0.25, 0.3) is 31.1 Å². The molecule has 0 bridgehead atoms. The van der Waals surface area contributed by atoms with Gasteiger partial charge in [-0.2, -0.15) is 0 Å². The molecule has 2 aromatic heterocycles. The molecule has 0 atom stereocenters. The second kappa shape index (κ2) is 4.81. The molecule has 0 saturated heterocycles. The van der Waals surface area contributed by atoms with Gasteiger partial charge in [-0.3, -0.25) is 4.98 Å². The normalized spacial score (nSPS) is 11.4. The maximum absolute atomic E-state index is 14.0. The first-order valence-electron chi connectivity index (χ1n) is 6.74. The van der Waals surface area contributed by atoms with Gasteiger partial charge in [0.05, 0.1) is 18.9 Å². The van der Waals surface area contributed by atoms with Crippen LogP contribution in [0.2, 0.25) is 0 Å². The average molecular weight is 313 g/mol. The van der Waals surface area contributed by atoms with Gasteiger partial charge in [0.25, 0.3) is 0 Å². The summed E-state index contributed by atoms with van der Waals surface area (Å²) in [5.41, 5.74) is 0.393. The van der Waals surface area contributed by atoms with Crippen LogP contribution < -0.4 is 9.47 Å². The highest BCUT2D eigenvalue weighted by Gasteiger charge is 2.15. The summed E-state index contributed by atoms with van der Waals surface area (Å²) >= 11 is 1.61. The van der Waals surface area contributed by atoms with E-state index in [0.29, 0.717) is 17.0 Å². The zero-order chi connectivity index (χ0) is 15.3. The quantitative estimate of drug-likeness (QED) is 0.535. The fourth-order valence-corrected chi connectivity index (χ4v) is 3.88. The van der Waals surface area contributed by atoms with Gasteiger partial charge in [0.15, 0.2) is 11.5 Å². The summed E-state index contributed by atoms with van der Waals surface area (Å²) in [5, 5.41) is 2.84. The van der Waals surface area contributed by atoms with E-state index in [4.69, 9.17) is 9.47 Å². The van der Waals surface area contributed by atoms with E-state index in [1.165, 1.54) is 6.07 Å². The van der Waals surface area contributed by atoms with Crippen LogP contribution in [0.5, 0.6) is 11.5 Å². The van der Waals surface area contributed by atoms with Crippen molar-refractivity contribution < 1.29 is 13.9 Å². The summed E-state index contributed by atoms with van der Waals surface area (Å²) in [6.45, 7) is 0. The largest absolute Gasteiger partial charge is 0.493 e. The molecule has 4 rings (SSSR count). The van der Waals surface area contributed by atoms with Gasteiger partial charge in [-0.1, -0.05) is 12.1 Å². The SMILES string of the molecule is COc1cc2sc3cnc4c(F)cccc4c3c2cc1OC. The summed E-state index contributed by atoms with van der Waals surface area (Å²) in [6, 6.07) is 8.93. The van der Waals surface area contributed by atoms with Gasteiger partial charge in [-0.05, 0) is 12.1 Å². The number of halogens is 1. The second-order valence-electron chi connectivity index (χ2n) is 4.94. The van der Waals surface area contributed by atoms with Crippen LogP contribution >= 0.6 is 11.3 Å². The van der Waals surface area contributed by atoms with Crippen molar-refractivity contribution in [2.24, 2.45) is 0 Å². The van der Waals surface area contributed by atoms with E-state index in [1.54, 1.807) is 37.8 Å². The second-order valence-corrected chi connectivity index (χ2v) is 6.02. The smallest absolute Gasteiger partial charge is 0.162 e. The van der Waals surface area contributed by atoms with Gasteiger partial charge in [-0.15, -0.1) is 11.3 Å². The van der Waals surface area contributed by atoms with Crippen LogP contribution in [0.4, 0.5) is 4.39 Å². The predicted octanol–water partition coefficient (Wildman–Crippen LogP) is 4.76. The van der Waals surface area contributed by atoms with E-state index in [1.807, 2.05) is 18.2 Å². The van der Waals surface area contributed by atoms with Crippen LogP contribution in [0, 0.1) is 5.82 Å². The molecule has 22 heavy (non-hydrogen) atoms. The summed E-state index contributed by atoms with van der Waals surface area (Å²) in [5.74, 6) is 1.04. The maximum atomic E-state index is 14.0. The van der Waals surface area contributed by atoms with Gasteiger partial charge in [0, 0.05) is 33.1 Å². The first-order chi connectivity index (χ1) is 10.7. The Morgan fingerprint density at radius 1 is 1.00 bits per heavy atom.